The largest absolute Gasteiger partial charge is 0.354 e. The van der Waals surface area contributed by atoms with E-state index in [-0.39, 0.29) is 0 Å². The van der Waals surface area contributed by atoms with Gasteiger partial charge in [0.1, 0.15) is 5.82 Å². The zero-order chi connectivity index (χ0) is 21.0. The van der Waals surface area contributed by atoms with Crippen molar-refractivity contribution in [2.75, 3.05) is 6.26 Å². The molecule has 8 nitrogen and oxygen atoms in total. The maximum absolute atomic E-state index is 11.8. The number of hydrogen-bond acceptors (Lipinski definition) is 5. The monoisotopic (exact) mass is 418 g/mol. The van der Waals surface area contributed by atoms with Gasteiger partial charge in [0.2, 0.25) is 0 Å². The van der Waals surface area contributed by atoms with Crippen LogP contribution >= 0.6 is 0 Å². The molecule has 0 amide bonds. The number of benzene rings is 1. The van der Waals surface area contributed by atoms with Gasteiger partial charge in [-0.2, -0.15) is 0 Å². The molecule has 0 bridgehead atoms. The first kappa shape index (κ1) is 21.3. The van der Waals surface area contributed by atoms with Gasteiger partial charge < -0.3 is 15.2 Å². The summed E-state index contributed by atoms with van der Waals surface area (Å²) in [7, 11) is -1.27. The van der Waals surface area contributed by atoms with Gasteiger partial charge in [0.25, 0.3) is 0 Å². The second-order valence-corrected chi connectivity index (χ2v) is 9.72. The molecule has 29 heavy (non-hydrogen) atoms. The lowest BCUT2D eigenvalue weighted by Crippen LogP contribution is -2.42. The van der Waals surface area contributed by atoms with E-state index in [1.165, 1.54) is 19.1 Å². The Morgan fingerprint density at radius 3 is 2.55 bits per heavy atom. The molecule has 2 N–H and O–H groups in total. The summed E-state index contributed by atoms with van der Waals surface area (Å²) in [5.74, 6) is 2.45. The Balaban J connectivity index is 1.73. The van der Waals surface area contributed by atoms with E-state index >= 15 is 0 Å². The van der Waals surface area contributed by atoms with E-state index in [9.17, 15) is 8.42 Å². The van der Waals surface area contributed by atoms with Crippen molar-refractivity contribution in [1.29, 1.82) is 0 Å². The third-order valence-electron chi connectivity index (χ3n) is 5.35. The topological polar surface area (TPSA) is 101 Å². The van der Waals surface area contributed by atoms with Crippen molar-refractivity contribution in [3.05, 3.63) is 41.0 Å². The van der Waals surface area contributed by atoms with Crippen LogP contribution in [0.3, 0.4) is 0 Å². The Morgan fingerprint density at radius 1 is 1.24 bits per heavy atom. The number of sulfone groups is 1. The Hall–Kier alpha value is -2.42. The summed E-state index contributed by atoms with van der Waals surface area (Å²) < 4.78 is 25.6. The minimum absolute atomic E-state index is 0.366. The molecule has 0 aliphatic heterocycles. The maximum atomic E-state index is 11.8. The van der Waals surface area contributed by atoms with Crippen LogP contribution in [-0.4, -0.2) is 41.4 Å². The molecule has 1 saturated carbocycles. The minimum atomic E-state index is -3.21. The number of aliphatic imine (C=N–C) groups is 1. The average molecular weight is 419 g/mol. The van der Waals surface area contributed by atoms with Gasteiger partial charge in [-0.25, -0.2) is 13.4 Å². The Labute approximate surface area is 172 Å². The number of rotatable bonds is 6. The summed E-state index contributed by atoms with van der Waals surface area (Å²) in [4.78, 5) is 5.10. The van der Waals surface area contributed by atoms with Crippen molar-refractivity contribution >= 4 is 15.8 Å². The van der Waals surface area contributed by atoms with E-state index in [4.69, 9.17) is 4.99 Å². The van der Waals surface area contributed by atoms with Gasteiger partial charge in [0, 0.05) is 19.3 Å². The third-order valence-corrected chi connectivity index (χ3v) is 6.61. The molecule has 0 radical (unpaired) electrons. The van der Waals surface area contributed by atoms with Crippen LogP contribution in [0.25, 0.3) is 0 Å². The zero-order valence-electron chi connectivity index (χ0n) is 17.6. The van der Waals surface area contributed by atoms with Crippen molar-refractivity contribution in [2.24, 2.45) is 12.0 Å². The van der Waals surface area contributed by atoms with E-state index < -0.39 is 9.84 Å². The van der Waals surface area contributed by atoms with E-state index in [0.717, 1.165) is 41.6 Å². The molecule has 158 valence electrons. The van der Waals surface area contributed by atoms with Crippen LogP contribution < -0.4 is 10.6 Å². The van der Waals surface area contributed by atoms with Crippen molar-refractivity contribution in [3.8, 4) is 0 Å². The fraction of sp³-hybridized carbons (Fsp3) is 0.550. The van der Waals surface area contributed by atoms with E-state index in [1.807, 2.05) is 37.6 Å². The molecular formula is C20H30N6O2S. The Morgan fingerprint density at radius 2 is 1.97 bits per heavy atom. The van der Waals surface area contributed by atoms with Gasteiger partial charge >= 0.3 is 0 Å². The van der Waals surface area contributed by atoms with Crippen LogP contribution in [0.5, 0.6) is 0 Å². The number of aryl methyl sites for hydroxylation is 2. The Kier molecular flexibility index (Phi) is 6.56. The number of aromatic nitrogens is 3. The van der Waals surface area contributed by atoms with Crippen LogP contribution in [0.2, 0.25) is 0 Å². The fourth-order valence-electron chi connectivity index (χ4n) is 3.58. The first-order valence-electron chi connectivity index (χ1n) is 9.93. The normalized spacial score (nSPS) is 15.7. The smallest absolute Gasteiger partial charge is 0.192 e. The highest BCUT2D eigenvalue weighted by Crippen LogP contribution is 2.18. The van der Waals surface area contributed by atoms with Gasteiger partial charge in [-0.05, 0) is 43.9 Å². The highest BCUT2D eigenvalue weighted by molar-refractivity contribution is 7.90. The summed E-state index contributed by atoms with van der Waals surface area (Å²) in [6, 6.07) is 5.80. The molecule has 1 fully saturated rings. The molecule has 2 aromatic rings. The summed E-state index contributed by atoms with van der Waals surface area (Å²) in [5, 5.41) is 15.2. The van der Waals surface area contributed by atoms with Crippen molar-refractivity contribution in [1.82, 2.24) is 25.4 Å². The van der Waals surface area contributed by atoms with Crippen molar-refractivity contribution in [3.63, 3.8) is 0 Å². The maximum Gasteiger partial charge on any atom is 0.192 e. The highest BCUT2D eigenvalue weighted by Gasteiger charge is 2.17. The zero-order valence-corrected chi connectivity index (χ0v) is 18.4. The van der Waals surface area contributed by atoms with Gasteiger partial charge in [0.15, 0.2) is 21.6 Å². The molecule has 0 spiro atoms. The number of guanidine groups is 1. The number of nitrogens with zero attached hydrogens (tertiary/aromatic N) is 4. The SMILES string of the molecule is Cc1cc(CN=C(NCc2nnc(C)n2C)NC2CCCC2)ccc1S(C)(=O)=O. The van der Waals surface area contributed by atoms with Crippen LogP contribution in [0.4, 0.5) is 0 Å². The van der Waals surface area contributed by atoms with Crippen molar-refractivity contribution < 1.29 is 8.42 Å². The van der Waals surface area contributed by atoms with E-state index in [1.54, 1.807) is 6.07 Å². The summed E-state index contributed by atoms with van der Waals surface area (Å²) >= 11 is 0. The molecule has 0 saturated heterocycles. The molecule has 1 aromatic heterocycles. The van der Waals surface area contributed by atoms with Crippen LogP contribution in [0.1, 0.15) is 48.5 Å². The van der Waals surface area contributed by atoms with Crippen LogP contribution in [-0.2, 0) is 30.0 Å². The number of hydrogen-bond donors (Lipinski definition) is 2. The lowest BCUT2D eigenvalue weighted by molar-refractivity contribution is 0.601. The molecule has 1 aromatic carbocycles. The highest BCUT2D eigenvalue weighted by atomic mass is 32.2. The molecule has 3 rings (SSSR count). The van der Waals surface area contributed by atoms with Crippen molar-refractivity contribution in [2.45, 2.75) is 63.6 Å². The average Bonchev–Trinajstić information content (AvgIpc) is 3.27. The lowest BCUT2D eigenvalue weighted by atomic mass is 10.1. The molecule has 9 heteroatoms. The lowest BCUT2D eigenvalue weighted by Gasteiger charge is -2.17. The van der Waals surface area contributed by atoms with Crippen LogP contribution in [0, 0.1) is 13.8 Å². The van der Waals surface area contributed by atoms with Crippen LogP contribution in [0.15, 0.2) is 28.1 Å². The molecular weight excluding hydrogens is 388 g/mol. The molecule has 1 heterocycles. The number of nitrogens with one attached hydrogen (secondary N) is 2. The summed E-state index contributed by atoms with van der Waals surface area (Å²) in [6.45, 7) is 4.73. The van der Waals surface area contributed by atoms with E-state index in [0.29, 0.717) is 24.0 Å². The summed E-state index contributed by atoms with van der Waals surface area (Å²) in [6.07, 6.45) is 5.99. The van der Waals surface area contributed by atoms with Gasteiger partial charge in [-0.1, -0.05) is 25.0 Å². The minimum Gasteiger partial charge on any atom is -0.354 e. The standard InChI is InChI=1S/C20H30N6O2S/c1-14-11-16(9-10-18(14)29(4,27)28)12-21-20(23-17-7-5-6-8-17)22-13-19-25-24-15(2)26(19)3/h9-11,17H,5-8,12-13H2,1-4H3,(H2,21,22,23). The second-order valence-electron chi connectivity index (χ2n) is 7.74. The quantitative estimate of drug-likeness (QED) is 0.550. The van der Waals surface area contributed by atoms with E-state index in [2.05, 4.69) is 20.8 Å². The van der Waals surface area contributed by atoms with Gasteiger partial charge in [-0.3, -0.25) is 0 Å². The first-order valence-corrected chi connectivity index (χ1v) is 11.8. The van der Waals surface area contributed by atoms with Gasteiger partial charge in [-0.15, -0.1) is 10.2 Å². The summed E-state index contributed by atoms with van der Waals surface area (Å²) in [5.41, 5.74) is 1.71. The molecule has 1 aliphatic rings. The molecule has 0 atom stereocenters. The van der Waals surface area contributed by atoms with Gasteiger partial charge in [0.05, 0.1) is 18.0 Å². The predicted molar refractivity (Wildman–Crippen MR) is 113 cm³/mol. The first-order chi connectivity index (χ1) is 13.7. The molecule has 0 unspecified atom stereocenters. The third kappa shape index (κ3) is 5.56. The fourth-order valence-corrected chi connectivity index (χ4v) is 4.54. The molecule has 1 aliphatic carbocycles. The Bertz CT molecular complexity index is 990. The second kappa shape index (κ2) is 8.94. The predicted octanol–water partition coefficient (Wildman–Crippen LogP) is 2.01.